The minimum atomic E-state index is -0.396. The molecule has 0 aliphatic heterocycles. The monoisotopic (exact) mass is 183 g/mol. The van der Waals surface area contributed by atoms with Gasteiger partial charge in [-0.15, -0.1) is 0 Å². The van der Waals surface area contributed by atoms with Crippen molar-refractivity contribution in [1.82, 2.24) is 10.2 Å². The van der Waals surface area contributed by atoms with Gasteiger partial charge in [-0.1, -0.05) is 13.8 Å². The summed E-state index contributed by atoms with van der Waals surface area (Å²) in [4.78, 5) is 2.33. The van der Waals surface area contributed by atoms with Crippen molar-refractivity contribution in [3.63, 3.8) is 0 Å². The van der Waals surface area contributed by atoms with Crippen molar-refractivity contribution in [3.8, 4) is 6.07 Å². The van der Waals surface area contributed by atoms with E-state index < -0.39 is 5.54 Å². The molecular formula is C10H21N3. The Morgan fingerprint density at radius 2 is 1.85 bits per heavy atom. The first kappa shape index (κ1) is 12.4. The number of hydrogen-bond acceptors (Lipinski definition) is 3. The van der Waals surface area contributed by atoms with E-state index in [0.29, 0.717) is 0 Å². The Morgan fingerprint density at radius 1 is 1.31 bits per heavy atom. The molecule has 0 unspecified atom stereocenters. The second-order valence-corrected chi connectivity index (χ2v) is 3.69. The fraction of sp³-hybridized carbons (Fsp3) is 0.900. The highest BCUT2D eigenvalue weighted by molar-refractivity contribution is 4.99. The number of nitrogens with zero attached hydrogens (tertiary/aromatic N) is 2. The zero-order chi connectivity index (χ0) is 10.3. The van der Waals surface area contributed by atoms with Gasteiger partial charge < -0.3 is 4.90 Å². The molecule has 0 fully saturated rings. The fourth-order valence-corrected chi connectivity index (χ4v) is 1.11. The Bertz CT molecular complexity index is 165. The average Bonchev–Trinajstić information content (AvgIpc) is 2.12. The van der Waals surface area contributed by atoms with Crippen LogP contribution in [0, 0.1) is 11.3 Å². The summed E-state index contributed by atoms with van der Waals surface area (Å²) < 4.78 is 0. The van der Waals surface area contributed by atoms with Gasteiger partial charge in [-0.2, -0.15) is 5.26 Å². The summed E-state index contributed by atoms with van der Waals surface area (Å²) in [5.41, 5.74) is -0.396. The third-order valence-corrected chi connectivity index (χ3v) is 2.17. The summed E-state index contributed by atoms with van der Waals surface area (Å²) in [7, 11) is 0. The van der Waals surface area contributed by atoms with E-state index in [1.807, 2.05) is 13.8 Å². The molecule has 0 bridgehead atoms. The molecule has 0 aliphatic carbocycles. The maximum atomic E-state index is 8.75. The largest absolute Gasteiger partial charge is 0.303 e. The molecule has 0 radical (unpaired) electrons. The van der Waals surface area contributed by atoms with Crippen molar-refractivity contribution in [2.24, 2.45) is 0 Å². The third-order valence-electron chi connectivity index (χ3n) is 2.17. The van der Waals surface area contributed by atoms with Crippen molar-refractivity contribution in [2.45, 2.75) is 33.2 Å². The van der Waals surface area contributed by atoms with Gasteiger partial charge in [0, 0.05) is 13.1 Å². The molecule has 0 aromatic rings. The zero-order valence-electron chi connectivity index (χ0n) is 9.22. The molecule has 0 spiro atoms. The van der Waals surface area contributed by atoms with Gasteiger partial charge in [0.2, 0.25) is 0 Å². The molecule has 0 saturated heterocycles. The predicted molar refractivity (Wildman–Crippen MR) is 55.5 cm³/mol. The van der Waals surface area contributed by atoms with E-state index in [1.165, 1.54) is 0 Å². The first-order valence-electron chi connectivity index (χ1n) is 4.94. The SMILES string of the molecule is CCN(CC)CCNC(C)(C)C#N. The second kappa shape index (κ2) is 5.95. The zero-order valence-corrected chi connectivity index (χ0v) is 9.22. The quantitative estimate of drug-likeness (QED) is 0.673. The minimum absolute atomic E-state index is 0.396. The van der Waals surface area contributed by atoms with Crippen LogP contribution in [0.2, 0.25) is 0 Å². The van der Waals surface area contributed by atoms with E-state index >= 15 is 0 Å². The number of hydrogen-bond donors (Lipinski definition) is 1. The molecule has 0 heterocycles. The molecule has 1 N–H and O–H groups in total. The lowest BCUT2D eigenvalue weighted by atomic mass is 10.1. The number of rotatable bonds is 6. The molecule has 0 amide bonds. The van der Waals surface area contributed by atoms with Gasteiger partial charge in [0.15, 0.2) is 0 Å². The van der Waals surface area contributed by atoms with E-state index in [9.17, 15) is 0 Å². The highest BCUT2D eigenvalue weighted by atomic mass is 15.1. The molecule has 0 aromatic carbocycles. The van der Waals surface area contributed by atoms with E-state index in [0.717, 1.165) is 26.2 Å². The highest BCUT2D eigenvalue weighted by Crippen LogP contribution is 1.97. The lowest BCUT2D eigenvalue weighted by Crippen LogP contribution is -2.42. The molecule has 76 valence electrons. The van der Waals surface area contributed by atoms with Gasteiger partial charge in [0.25, 0.3) is 0 Å². The fourth-order valence-electron chi connectivity index (χ4n) is 1.11. The van der Waals surface area contributed by atoms with Crippen molar-refractivity contribution >= 4 is 0 Å². The van der Waals surface area contributed by atoms with Crippen LogP contribution in [0.3, 0.4) is 0 Å². The summed E-state index contributed by atoms with van der Waals surface area (Å²) in [6.07, 6.45) is 0. The van der Waals surface area contributed by atoms with E-state index in [-0.39, 0.29) is 0 Å². The highest BCUT2D eigenvalue weighted by Gasteiger charge is 2.14. The first-order chi connectivity index (χ1) is 6.05. The normalized spacial score (nSPS) is 11.7. The molecule has 3 nitrogen and oxygen atoms in total. The summed E-state index contributed by atoms with van der Waals surface area (Å²) >= 11 is 0. The molecular weight excluding hydrogens is 162 g/mol. The van der Waals surface area contributed by atoms with Crippen LogP contribution >= 0.6 is 0 Å². The standard InChI is InChI=1S/C10H21N3/c1-5-13(6-2)8-7-12-10(3,4)9-11/h12H,5-8H2,1-4H3. The Labute approximate surface area is 81.7 Å². The molecule has 3 heteroatoms. The number of likely N-dealkylation sites (N-methyl/N-ethyl adjacent to an activating group) is 1. The van der Waals surface area contributed by atoms with Gasteiger partial charge >= 0.3 is 0 Å². The molecule has 0 saturated carbocycles. The van der Waals surface area contributed by atoms with Crippen LogP contribution in [0.15, 0.2) is 0 Å². The molecule has 0 aliphatic rings. The number of nitrogens with one attached hydrogen (secondary N) is 1. The molecule has 0 rings (SSSR count). The van der Waals surface area contributed by atoms with Gasteiger partial charge in [0.05, 0.1) is 6.07 Å². The van der Waals surface area contributed by atoms with Gasteiger partial charge in [-0.3, -0.25) is 5.32 Å². The average molecular weight is 183 g/mol. The Morgan fingerprint density at radius 3 is 2.23 bits per heavy atom. The van der Waals surface area contributed by atoms with E-state index in [1.54, 1.807) is 0 Å². The lowest BCUT2D eigenvalue weighted by Gasteiger charge is -2.22. The van der Waals surface area contributed by atoms with Crippen molar-refractivity contribution in [3.05, 3.63) is 0 Å². The summed E-state index contributed by atoms with van der Waals surface area (Å²) in [6, 6.07) is 2.22. The Balaban J connectivity index is 3.62. The summed E-state index contributed by atoms with van der Waals surface area (Å²) in [5.74, 6) is 0. The summed E-state index contributed by atoms with van der Waals surface area (Å²) in [5, 5.41) is 12.0. The minimum Gasteiger partial charge on any atom is -0.303 e. The van der Waals surface area contributed by atoms with E-state index in [4.69, 9.17) is 5.26 Å². The Kier molecular flexibility index (Phi) is 5.68. The molecule has 13 heavy (non-hydrogen) atoms. The smallest absolute Gasteiger partial charge is 0.101 e. The molecule has 0 atom stereocenters. The summed E-state index contributed by atoms with van der Waals surface area (Å²) in [6.45, 7) is 12.1. The van der Waals surface area contributed by atoms with Gasteiger partial charge in [0.1, 0.15) is 5.54 Å². The van der Waals surface area contributed by atoms with Crippen molar-refractivity contribution in [2.75, 3.05) is 26.2 Å². The maximum absolute atomic E-state index is 8.75. The van der Waals surface area contributed by atoms with Crippen molar-refractivity contribution in [1.29, 1.82) is 5.26 Å². The van der Waals surface area contributed by atoms with Crippen LogP contribution in [-0.4, -0.2) is 36.6 Å². The maximum Gasteiger partial charge on any atom is 0.101 e. The van der Waals surface area contributed by atoms with Gasteiger partial charge in [-0.25, -0.2) is 0 Å². The topological polar surface area (TPSA) is 39.1 Å². The van der Waals surface area contributed by atoms with Gasteiger partial charge in [-0.05, 0) is 26.9 Å². The van der Waals surface area contributed by atoms with Crippen molar-refractivity contribution < 1.29 is 0 Å². The van der Waals surface area contributed by atoms with Crippen LogP contribution in [0.25, 0.3) is 0 Å². The first-order valence-corrected chi connectivity index (χ1v) is 4.94. The van der Waals surface area contributed by atoms with E-state index in [2.05, 4.69) is 30.1 Å². The predicted octanol–water partition coefficient (Wildman–Crippen LogP) is 1.22. The van der Waals surface area contributed by atoms with Crippen LogP contribution < -0.4 is 5.32 Å². The Hall–Kier alpha value is -0.590. The second-order valence-electron chi connectivity index (χ2n) is 3.69. The van der Waals surface area contributed by atoms with Crippen LogP contribution in [0.4, 0.5) is 0 Å². The lowest BCUT2D eigenvalue weighted by molar-refractivity contribution is 0.292. The number of nitriles is 1. The molecule has 0 aromatic heterocycles. The van der Waals surface area contributed by atoms with Crippen LogP contribution in [0.1, 0.15) is 27.7 Å². The third kappa shape index (κ3) is 5.62. The van der Waals surface area contributed by atoms with Crippen LogP contribution in [-0.2, 0) is 0 Å². The van der Waals surface area contributed by atoms with Crippen LogP contribution in [0.5, 0.6) is 0 Å².